The van der Waals surface area contributed by atoms with Crippen LogP contribution < -0.4 is 0 Å². The first kappa shape index (κ1) is 12.5. The fourth-order valence-corrected chi connectivity index (χ4v) is 3.05. The molecular formula is C16H21NO2. The number of hydrogen-bond donors (Lipinski definition) is 0. The summed E-state index contributed by atoms with van der Waals surface area (Å²) in [6.45, 7) is 0.515. The van der Waals surface area contributed by atoms with E-state index in [2.05, 4.69) is 5.16 Å². The lowest BCUT2D eigenvalue weighted by atomic mass is 9.83. The van der Waals surface area contributed by atoms with Gasteiger partial charge in [0.1, 0.15) is 12.2 Å². The van der Waals surface area contributed by atoms with Crippen LogP contribution in [0.5, 0.6) is 0 Å². The van der Waals surface area contributed by atoms with Crippen molar-refractivity contribution in [2.45, 2.75) is 57.2 Å². The fourth-order valence-electron chi connectivity index (χ4n) is 3.05. The Morgan fingerprint density at radius 1 is 1.05 bits per heavy atom. The highest BCUT2D eigenvalue weighted by atomic mass is 16.7. The molecule has 1 aromatic carbocycles. The predicted molar refractivity (Wildman–Crippen MR) is 74.8 cm³/mol. The Balaban J connectivity index is 1.52. The van der Waals surface area contributed by atoms with E-state index in [0.29, 0.717) is 6.61 Å². The average molecular weight is 259 g/mol. The maximum atomic E-state index is 6.05. The molecule has 0 N–H and O–H groups in total. The zero-order chi connectivity index (χ0) is 13.0. The molecule has 0 aromatic heterocycles. The number of rotatable bonds is 3. The summed E-state index contributed by atoms with van der Waals surface area (Å²) in [4.78, 5) is 5.40. The minimum Gasteiger partial charge on any atom is -0.472 e. The zero-order valence-electron chi connectivity index (χ0n) is 11.3. The summed E-state index contributed by atoms with van der Waals surface area (Å²) in [5.41, 5.74) is 1.23. The summed E-state index contributed by atoms with van der Waals surface area (Å²) in [7, 11) is 0. The van der Waals surface area contributed by atoms with E-state index < -0.39 is 0 Å². The van der Waals surface area contributed by atoms with E-state index in [1.54, 1.807) is 0 Å². The molecule has 3 rings (SSSR count). The van der Waals surface area contributed by atoms with Gasteiger partial charge >= 0.3 is 0 Å². The van der Waals surface area contributed by atoms with Crippen molar-refractivity contribution in [3.63, 3.8) is 0 Å². The molecule has 0 atom stereocenters. The van der Waals surface area contributed by atoms with Crippen molar-refractivity contribution in [1.29, 1.82) is 0 Å². The molecule has 0 unspecified atom stereocenters. The largest absolute Gasteiger partial charge is 0.472 e. The van der Waals surface area contributed by atoms with Crippen LogP contribution in [0, 0.1) is 0 Å². The number of nitrogens with zero attached hydrogens (tertiary/aromatic N) is 1. The Morgan fingerprint density at radius 3 is 2.63 bits per heavy atom. The Kier molecular flexibility index (Phi) is 3.72. The van der Waals surface area contributed by atoms with Crippen LogP contribution in [-0.2, 0) is 16.2 Å². The lowest BCUT2D eigenvalue weighted by molar-refractivity contribution is 0.0314. The lowest BCUT2D eigenvalue weighted by Gasteiger charge is -2.31. The quantitative estimate of drug-likeness (QED) is 0.767. The maximum absolute atomic E-state index is 6.05. The molecule has 2 aliphatic rings. The molecular weight excluding hydrogens is 238 g/mol. The van der Waals surface area contributed by atoms with Gasteiger partial charge in [-0.2, -0.15) is 0 Å². The fraction of sp³-hybridized carbons (Fsp3) is 0.562. The van der Waals surface area contributed by atoms with Crippen molar-refractivity contribution >= 4 is 5.90 Å². The highest BCUT2D eigenvalue weighted by molar-refractivity contribution is 5.78. The molecule has 1 aliphatic carbocycles. The molecule has 0 bridgehead atoms. The molecule has 0 amide bonds. The first-order chi connectivity index (χ1) is 9.36. The molecule has 3 nitrogen and oxygen atoms in total. The summed E-state index contributed by atoms with van der Waals surface area (Å²) in [5, 5.41) is 4.16. The number of benzene rings is 1. The van der Waals surface area contributed by atoms with Crippen molar-refractivity contribution in [2.75, 3.05) is 0 Å². The highest BCUT2D eigenvalue weighted by Gasteiger charge is 2.40. The van der Waals surface area contributed by atoms with Gasteiger partial charge in [-0.15, -0.1) is 0 Å². The molecule has 1 aliphatic heterocycles. The van der Waals surface area contributed by atoms with Crippen LogP contribution in [0.4, 0.5) is 0 Å². The first-order valence-electron chi connectivity index (χ1n) is 7.28. The molecule has 1 aromatic rings. The van der Waals surface area contributed by atoms with Gasteiger partial charge in [-0.1, -0.05) is 41.9 Å². The Morgan fingerprint density at radius 2 is 1.84 bits per heavy atom. The second-order valence-electron chi connectivity index (χ2n) is 5.59. The molecule has 102 valence electrons. The van der Waals surface area contributed by atoms with Gasteiger partial charge in [0.15, 0.2) is 0 Å². The Hall–Kier alpha value is -1.51. The SMILES string of the molecule is c1ccc(CO/N=C2/CCC3(CCCCC3)O2)cc1. The second kappa shape index (κ2) is 5.64. The van der Waals surface area contributed by atoms with Crippen molar-refractivity contribution in [3.05, 3.63) is 35.9 Å². The summed E-state index contributed by atoms with van der Waals surface area (Å²) in [6.07, 6.45) is 8.34. The minimum absolute atomic E-state index is 0.0905. The molecule has 2 fully saturated rings. The second-order valence-corrected chi connectivity index (χ2v) is 5.59. The summed E-state index contributed by atoms with van der Waals surface area (Å²) < 4.78 is 6.05. The molecule has 3 heteroatoms. The van der Waals surface area contributed by atoms with Crippen molar-refractivity contribution in [3.8, 4) is 0 Å². The van der Waals surface area contributed by atoms with E-state index in [0.717, 1.165) is 24.3 Å². The molecule has 1 saturated carbocycles. The number of oxime groups is 1. The van der Waals surface area contributed by atoms with Crippen LogP contribution in [0.15, 0.2) is 35.5 Å². The van der Waals surface area contributed by atoms with Gasteiger partial charge in [0.2, 0.25) is 5.90 Å². The highest BCUT2D eigenvalue weighted by Crippen LogP contribution is 2.40. The van der Waals surface area contributed by atoms with Crippen LogP contribution in [-0.4, -0.2) is 11.5 Å². The first-order valence-corrected chi connectivity index (χ1v) is 7.28. The normalized spacial score (nSPS) is 23.5. The van der Waals surface area contributed by atoms with Gasteiger partial charge in [0.05, 0.1) is 0 Å². The van der Waals surface area contributed by atoms with Gasteiger partial charge in [0, 0.05) is 6.42 Å². The summed E-state index contributed by atoms with van der Waals surface area (Å²) >= 11 is 0. The van der Waals surface area contributed by atoms with E-state index in [9.17, 15) is 0 Å². The van der Waals surface area contributed by atoms with Crippen LogP contribution in [0.3, 0.4) is 0 Å². The van der Waals surface area contributed by atoms with Gasteiger partial charge in [0.25, 0.3) is 0 Å². The van der Waals surface area contributed by atoms with E-state index in [4.69, 9.17) is 9.57 Å². The average Bonchev–Trinajstić information content (AvgIpc) is 2.84. The zero-order valence-corrected chi connectivity index (χ0v) is 11.3. The van der Waals surface area contributed by atoms with E-state index in [-0.39, 0.29) is 5.60 Å². The van der Waals surface area contributed by atoms with Crippen molar-refractivity contribution in [2.24, 2.45) is 5.16 Å². The van der Waals surface area contributed by atoms with Gasteiger partial charge in [-0.25, -0.2) is 0 Å². The Labute approximate surface area is 114 Å². The van der Waals surface area contributed by atoms with Crippen LogP contribution in [0.2, 0.25) is 0 Å². The number of ether oxygens (including phenoxy) is 1. The van der Waals surface area contributed by atoms with Crippen molar-refractivity contribution in [1.82, 2.24) is 0 Å². The van der Waals surface area contributed by atoms with Crippen LogP contribution in [0.25, 0.3) is 0 Å². The summed E-state index contributed by atoms with van der Waals surface area (Å²) in [6, 6.07) is 10.1. The van der Waals surface area contributed by atoms with E-state index in [1.807, 2.05) is 30.3 Å². The van der Waals surface area contributed by atoms with Crippen LogP contribution in [0.1, 0.15) is 50.5 Å². The van der Waals surface area contributed by atoms with Gasteiger partial charge < -0.3 is 9.57 Å². The van der Waals surface area contributed by atoms with E-state index in [1.165, 1.54) is 32.1 Å². The van der Waals surface area contributed by atoms with Crippen LogP contribution >= 0.6 is 0 Å². The minimum atomic E-state index is 0.0905. The molecule has 19 heavy (non-hydrogen) atoms. The third kappa shape index (κ3) is 3.09. The molecule has 1 heterocycles. The standard InChI is InChI=1S/C16H21NO2/c1-3-7-14(8-4-1)13-18-17-15-9-12-16(19-15)10-5-2-6-11-16/h1,3-4,7-8H,2,5-6,9-13H2/b17-15-. The molecule has 0 radical (unpaired) electrons. The molecule has 1 saturated heterocycles. The Bertz CT molecular complexity index is 435. The number of hydrogen-bond acceptors (Lipinski definition) is 3. The predicted octanol–water partition coefficient (Wildman–Crippen LogP) is 4.03. The van der Waals surface area contributed by atoms with Gasteiger partial charge in [-0.3, -0.25) is 0 Å². The smallest absolute Gasteiger partial charge is 0.226 e. The van der Waals surface area contributed by atoms with Crippen molar-refractivity contribution < 1.29 is 9.57 Å². The van der Waals surface area contributed by atoms with E-state index >= 15 is 0 Å². The third-order valence-corrected chi connectivity index (χ3v) is 4.13. The topological polar surface area (TPSA) is 30.8 Å². The maximum Gasteiger partial charge on any atom is 0.226 e. The van der Waals surface area contributed by atoms with Gasteiger partial charge in [-0.05, 0) is 37.7 Å². The summed E-state index contributed by atoms with van der Waals surface area (Å²) in [5.74, 6) is 0.790. The molecule has 1 spiro atoms. The monoisotopic (exact) mass is 259 g/mol. The lowest BCUT2D eigenvalue weighted by Crippen LogP contribution is -2.30. The third-order valence-electron chi connectivity index (χ3n) is 4.13.